The van der Waals surface area contributed by atoms with E-state index in [9.17, 15) is 4.79 Å². The molecule has 0 amide bonds. The summed E-state index contributed by atoms with van der Waals surface area (Å²) in [5.74, 6) is -0.161. The number of hydrogen-bond acceptors (Lipinski definition) is 4. The molecular formula is C13H19NO3. The first-order valence-corrected chi connectivity index (χ1v) is 5.75. The third kappa shape index (κ3) is 3.75. The van der Waals surface area contributed by atoms with Crippen LogP contribution < -0.4 is 5.32 Å². The minimum atomic E-state index is -0.356. The Morgan fingerprint density at radius 2 is 2.18 bits per heavy atom. The van der Waals surface area contributed by atoms with Crippen LogP contribution in [0.2, 0.25) is 0 Å². The fourth-order valence-corrected chi connectivity index (χ4v) is 1.52. The van der Waals surface area contributed by atoms with Crippen LogP contribution in [0, 0.1) is 5.92 Å². The van der Waals surface area contributed by atoms with Gasteiger partial charge in [-0.1, -0.05) is 19.1 Å². The van der Waals surface area contributed by atoms with Gasteiger partial charge in [0, 0.05) is 18.8 Å². The summed E-state index contributed by atoms with van der Waals surface area (Å²) in [6.45, 7) is 2.81. The van der Waals surface area contributed by atoms with Crippen molar-refractivity contribution in [1.29, 1.82) is 0 Å². The molecule has 2 N–H and O–H groups in total. The van der Waals surface area contributed by atoms with E-state index >= 15 is 0 Å². The molecule has 0 radical (unpaired) electrons. The molecule has 0 fully saturated rings. The molecule has 0 aliphatic rings. The molecule has 1 unspecified atom stereocenters. The number of aliphatic hydroxyl groups is 1. The zero-order chi connectivity index (χ0) is 12.7. The van der Waals surface area contributed by atoms with E-state index in [4.69, 9.17) is 9.84 Å². The molecule has 1 rings (SSSR count). The number of ether oxygens (including phenoxy) is 1. The van der Waals surface area contributed by atoms with Crippen molar-refractivity contribution in [2.75, 3.05) is 25.6 Å². The third-order valence-electron chi connectivity index (χ3n) is 2.75. The van der Waals surface area contributed by atoms with E-state index in [1.807, 2.05) is 19.1 Å². The molecule has 94 valence electrons. The lowest BCUT2D eigenvalue weighted by Crippen LogP contribution is -2.18. The summed E-state index contributed by atoms with van der Waals surface area (Å²) >= 11 is 0. The van der Waals surface area contributed by atoms with Crippen LogP contribution in [0.5, 0.6) is 0 Å². The Morgan fingerprint density at radius 3 is 2.76 bits per heavy atom. The highest BCUT2D eigenvalue weighted by molar-refractivity contribution is 5.95. The largest absolute Gasteiger partial charge is 0.465 e. The standard InChI is InChI=1S/C13H19NO3/c1-3-10(9-15)8-14-12-7-5-4-6-11(12)13(16)17-2/h4-7,10,14-15H,3,8-9H2,1-2H3. The Kier molecular flexibility index (Phi) is 5.49. The molecule has 1 aromatic rings. The van der Waals surface area contributed by atoms with Gasteiger partial charge in [0.25, 0.3) is 0 Å². The molecular weight excluding hydrogens is 218 g/mol. The summed E-state index contributed by atoms with van der Waals surface area (Å²) in [6, 6.07) is 7.19. The second-order valence-corrected chi connectivity index (χ2v) is 3.87. The quantitative estimate of drug-likeness (QED) is 0.742. The van der Waals surface area contributed by atoms with Crippen LogP contribution >= 0.6 is 0 Å². The van der Waals surface area contributed by atoms with Crippen molar-refractivity contribution in [2.45, 2.75) is 13.3 Å². The van der Waals surface area contributed by atoms with Gasteiger partial charge in [0.2, 0.25) is 0 Å². The van der Waals surface area contributed by atoms with E-state index in [-0.39, 0.29) is 18.5 Å². The minimum Gasteiger partial charge on any atom is -0.465 e. The number of benzene rings is 1. The van der Waals surface area contributed by atoms with Crippen LogP contribution in [-0.2, 0) is 4.74 Å². The van der Waals surface area contributed by atoms with Crippen LogP contribution in [-0.4, -0.2) is 31.3 Å². The Labute approximate surface area is 102 Å². The Hall–Kier alpha value is -1.55. The van der Waals surface area contributed by atoms with Crippen molar-refractivity contribution >= 4 is 11.7 Å². The van der Waals surface area contributed by atoms with Crippen molar-refractivity contribution in [2.24, 2.45) is 5.92 Å². The predicted octanol–water partition coefficient (Wildman–Crippen LogP) is 1.90. The maximum atomic E-state index is 11.5. The highest BCUT2D eigenvalue weighted by atomic mass is 16.5. The topological polar surface area (TPSA) is 58.6 Å². The smallest absolute Gasteiger partial charge is 0.339 e. The molecule has 0 aliphatic heterocycles. The van der Waals surface area contributed by atoms with Gasteiger partial charge in [-0.25, -0.2) is 4.79 Å². The normalized spacial score (nSPS) is 11.9. The third-order valence-corrected chi connectivity index (χ3v) is 2.75. The van der Waals surface area contributed by atoms with Crippen molar-refractivity contribution in [3.8, 4) is 0 Å². The number of methoxy groups -OCH3 is 1. The van der Waals surface area contributed by atoms with Crippen LogP contribution in [0.1, 0.15) is 23.7 Å². The molecule has 1 atom stereocenters. The van der Waals surface area contributed by atoms with Crippen LogP contribution in [0.15, 0.2) is 24.3 Å². The van der Waals surface area contributed by atoms with E-state index < -0.39 is 0 Å². The zero-order valence-electron chi connectivity index (χ0n) is 10.3. The summed E-state index contributed by atoms with van der Waals surface area (Å²) < 4.78 is 4.71. The molecule has 0 bridgehead atoms. The predicted molar refractivity (Wildman–Crippen MR) is 67.1 cm³/mol. The second kappa shape index (κ2) is 6.91. The first kappa shape index (κ1) is 13.5. The van der Waals surface area contributed by atoms with Gasteiger partial charge in [0.15, 0.2) is 0 Å². The van der Waals surface area contributed by atoms with E-state index in [1.54, 1.807) is 12.1 Å². The maximum absolute atomic E-state index is 11.5. The minimum absolute atomic E-state index is 0.143. The van der Waals surface area contributed by atoms with Gasteiger partial charge in [0.05, 0.1) is 12.7 Å². The summed E-state index contributed by atoms with van der Waals surface area (Å²) in [5, 5.41) is 12.3. The van der Waals surface area contributed by atoms with Gasteiger partial charge in [-0.15, -0.1) is 0 Å². The average molecular weight is 237 g/mol. The van der Waals surface area contributed by atoms with Crippen LogP contribution in [0.4, 0.5) is 5.69 Å². The van der Waals surface area contributed by atoms with Gasteiger partial charge >= 0.3 is 5.97 Å². The lowest BCUT2D eigenvalue weighted by molar-refractivity contribution is 0.0602. The van der Waals surface area contributed by atoms with Gasteiger partial charge < -0.3 is 15.2 Å². The lowest BCUT2D eigenvalue weighted by atomic mass is 10.1. The number of anilines is 1. The lowest BCUT2D eigenvalue weighted by Gasteiger charge is -2.15. The summed E-state index contributed by atoms with van der Waals surface area (Å²) in [5.41, 5.74) is 1.26. The molecule has 4 heteroatoms. The molecule has 0 saturated carbocycles. The monoisotopic (exact) mass is 237 g/mol. The molecule has 0 heterocycles. The molecule has 0 aliphatic carbocycles. The summed E-state index contributed by atoms with van der Waals surface area (Å²) in [7, 11) is 1.36. The molecule has 4 nitrogen and oxygen atoms in total. The van der Waals surface area contributed by atoms with Crippen molar-refractivity contribution in [1.82, 2.24) is 0 Å². The molecule has 17 heavy (non-hydrogen) atoms. The summed E-state index contributed by atoms with van der Waals surface area (Å²) in [6.07, 6.45) is 0.893. The van der Waals surface area contributed by atoms with Crippen molar-refractivity contribution < 1.29 is 14.6 Å². The highest BCUT2D eigenvalue weighted by Crippen LogP contribution is 2.16. The van der Waals surface area contributed by atoms with E-state index in [2.05, 4.69) is 5.32 Å². The number of aliphatic hydroxyl groups excluding tert-OH is 1. The molecule has 1 aromatic carbocycles. The van der Waals surface area contributed by atoms with Crippen LogP contribution in [0.25, 0.3) is 0 Å². The van der Waals surface area contributed by atoms with Gasteiger partial charge in [-0.3, -0.25) is 0 Å². The number of rotatable bonds is 6. The Morgan fingerprint density at radius 1 is 1.47 bits per heavy atom. The van der Waals surface area contributed by atoms with Gasteiger partial charge in [-0.2, -0.15) is 0 Å². The van der Waals surface area contributed by atoms with E-state index in [1.165, 1.54) is 7.11 Å². The van der Waals surface area contributed by atoms with Crippen LogP contribution in [0.3, 0.4) is 0 Å². The fraction of sp³-hybridized carbons (Fsp3) is 0.462. The van der Waals surface area contributed by atoms with Crippen molar-refractivity contribution in [3.05, 3.63) is 29.8 Å². The SMILES string of the molecule is CCC(CO)CNc1ccccc1C(=O)OC. The summed E-state index contributed by atoms with van der Waals surface area (Å²) in [4.78, 5) is 11.5. The number of carbonyl (C=O) groups excluding carboxylic acids is 1. The Bertz CT molecular complexity index is 361. The number of para-hydroxylation sites is 1. The second-order valence-electron chi connectivity index (χ2n) is 3.87. The molecule has 0 spiro atoms. The number of nitrogens with one attached hydrogen (secondary N) is 1. The fourth-order valence-electron chi connectivity index (χ4n) is 1.52. The first-order chi connectivity index (χ1) is 8.22. The van der Waals surface area contributed by atoms with Gasteiger partial charge in [0.1, 0.15) is 0 Å². The molecule has 0 aromatic heterocycles. The van der Waals surface area contributed by atoms with Gasteiger partial charge in [-0.05, 0) is 24.5 Å². The number of esters is 1. The Balaban J connectivity index is 2.73. The average Bonchev–Trinajstić information content (AvgIpc) is 2.39. The highest BCUT2D eigenvalue weighted by Gasteiger charge is 2.11. The maximum Gasteiger partial charge on any atom is 0.339 e. The van der Waals surface area contributed by atoms with E-state index in [0.717, 1.165) is 12.1 Å². The van der Waals surface area contributed by atoms with Crippen molar-refractivity contribution in [3.63, 3.8) is 0 Å². The zero-order valence-corrected chi connectivity index (χ0v) is 10.3. The first-order valence-electron chi connectivity index (χ1n) is 5.75. The number of carbonyl (C=O) groups is 1. The molecule has 0 saturated heterocycles. The van der Waals surface area contributed by atoms with E-state index in [0.29, 0.717) is 12.1 Å². The number of hydrogen-bond donors (Lipinski definition) is 2.